The smallest absolute Gasteiger partial charge is 0.0412 e. The summed E-state index contributed by atoms with van der Waals surface area (Å²) in [5, 5.41) is 5.56. The van der Waals surface area contributed by atoms with E-state index in [1.807, 2.05) is 6.92 Å². The van der Waals surface area contributed by atoms with Gasteiger partial charge < -0.3 is 5.32 Å². The molecule has 0 aromatic carbocycles. The molecule has 0 amide bonds. The Hall–Kier alpha value is -0.190. The van der Waals surface area contributed by atoms with Gasteiger partial charge in [-0.05, 0) is 17.9 Å². The van der Waals surface area contributed by atoms with E-state index in [4.69, 9.17) is 0 Å². The average Bonchev–Trinajstić information content (AvgIpc) is 2.77. The number of nitrogens with one attached hydrogen (secondary N) is 1. The SMILES string of the molecule is CCC(NCCS(=O)CC)c1cccs1. The minimum Gasteiger partial charge on any atom is -0.308 e. The van der Waals surface area contributed by atoms with E-state index >= 15 is 0 Å². The first-order chi connectivity index (χ1) is 7.27. The van der Waals surface area contributed by atoms with Crippen molar-refractivity contribution in [2.75, 3.05) is 18.1 Å². The molecule has 0 saturated carbocycles. The highest BCUT2D eigenvalue weighted by Gasteiger charge is 2.09. The lowest BCUT2D eigenvalue weighted by atomic mass is 10.2. The lowest BCUT2D eigenvalue weighted by Crippen LogP contribution is -2.25. The first-order valence-corrected chi connectivity index (χ1v) is 7.76. The van der Waals surface area contributed by atoms with Gasteiger partial charge in [-0.2, -0.15) is 0 Å². The number of rotatable bonds is 7. The van der Waals surface area contributed by atoms with Crippen molar-refractivity contribution in [2.24, 2.45) is 0 Å². The molecule has 1 aromatic heterocycles. The van der Waals surface area contributed by atoms with Gasteiger partial charge in [-0.3, -0.25) is 4.21 Å². The minimum absolute atomic E-state index is 0.429. The van der Waals surface area contributed by atoms with Crippen LogP contribution in [0.2, 0.25) is 0 Å². The predicted octanol–water partition coefficient (Wildman–Crippen LogP) is 2.56. The van der Waals surface area contributed by atoms with Crippen LogP contribution in [-0.4, -0.2) is 22.3 Å². The minimum atomic E-state index is -0.651. The van der Waals surface area contributed by atoms with Crippen LogP contribution in [0.3, 0.4) is 0 Å². The Morgan fingerprint density at radius 1 is 1.53 bits per heavy atom. The van der Waals surface area contributed by atoms with Crippen LogP contribution in [0.1, 0.15) is 31.2 Å². The zero-order chi connectivity index (χ0) is 11.1. The molecule has 2 nitrogen and oxygen atoms in total. The van der Waals surface area contributed by atoms with Crippen LogP contribution >= 0.6 is 11.3 Å². The molecule has 1 aromatic rings. The van der Waals surface area contributed by atoms with Crippen molar-refractivity contribution in [3.05, 3.63) is 22.4 Å². The Balaban J connectivity index is 2.32. The second kappa shape index (κ2) is 7.14. The Morgan fingerprint density at radius 3 is 2.87 bits per heavy atom. The van der Waals surface area contributed by atoms with Crippen LogP contribution < -0.4 is 5.32 Å². The summed E-state index contributed by atoms with van der Waals surface area (Å²) in [4.78, 5) is 1.37. The summed E-state index contributed by atoms with van der Waals surface area (Å²) in [6.07, 6.45) is 1.08. The van der Waals surface area contributed by atoms with Gasteiger partial charge in [0.1, 0.15) is 0 Å². The fourth-order valence-corrected chi connectivity index (χ4v) is 2.95. The quantitative estimate of drug-likeness (QED) is 0.800. The molecule has 1 heterocycles. The van der Waals surface area contributed by atoms with Gasteiger partial charge in [0.25, 0.3) is 0 Å². The molecule has 15 heavy (non-hydrogen) atoms. The largest absolute Gasteiger partial charge is 0.308 e. The number of hydrogen-bond acceptors (Lipinski definition) is 3. The standard InChI is InChI=1S/C11H19NOS2/c1-3-10(11-6-5-8-14-11)12-7-9-15(13)4-2/h5-6,8,10,12H,3-4,7,9H2,1-2H3. The molecular formula is C11H19NOS2. The van der Waals surface area contributed by atoms with Gasteiger partial charge in [-0.25, -0.2) is 0 Å². The third kappa shape index (κ3) is 4.45. The van der Waals surface area contributed by atoms with Crippen molar-refractivity contribution < 1.29 is 4.21 Å². The third-order valence-corrected chi connectivity index (χ3v) is 4.63. The van der Waals surface area contributed by atoms with Gasteiger partial charge in [0.15, 0.2) is 0 Å². The molecule has 1 N–H and O–H groups in total. The van der Waals surface area contributed by atoms with Crippen molar-refractivity contribution >= 4 is 22.1 Å². The fraction of sp³-hybridized carbons (Fsp3) is 0.636. The molecule has 0 saturated heterocycles. The summed E-state index contributed by atoms with van der Waals surface area (Å²) in [5.41, 5.74) is 0. The van der Waals surface area contributed by atoms with E-state index < -0.39 is 10.8 Å². The number of thiophene rings is 1. The summed E-state index contributed by atoms with van der Waals surface area (Å²) < 4.78 is 11.2. The summed E-state index contributed by atoms with van der Waals surface area (Å²) in [5.74, 6) is 1.52. The zero-order valence-electron chi connectivity index (χ0n) is 9.36. The van der Waals surface area contributed by atoms with Crippen molar-refractivity contribution in [1.82, 2.24) is 5.32 Å². The van der Waals surface area contributed by atoms with Crippen LogP contribution in [0.25, 0.3) is 0 Å². The van der Waals surface area contributed by atoms with Gasteiger partial charge in [0, 0.05) is 39.8 Å². The summed E-state index contributed by atoms with van der Waals surface area (Å²) in [7, 11) is -0.651. The van der Waals surface area contributed by atoms with Gasteiger partial charge >= 0.3 is 0 Å². The monoisotopic (exact) mass is 245 g/mol. The van der Waals surface area contributed by atoms with Crippen LogP contribution in [0.4, 0.5) is 0 Å². The molecule has 2 atom stereocenters. The molecule has 0 fully saturated rings. The molecule has 0 aliphatic carbocycles. The molecule has 0 radical (unpaired) electrons. The summed E-state index contributed by atoms with van der Waals surface area (Å²) in [6.45, 7) is 4.98. The highest BCUT2D eigenvalue weighted by atomic mass is 32.2. The van der Waals surface area contributed by atoms with E-state index in [2.05, 4.69) is 29.8 Å². The highest BCUT2D eigenvalue weighted by molar-refractivity contribution is 7.84. The fourth-order valence-electron chi connectivity index (χ4n) is 1.43. The maximum absolute atomic E-state index is 11.2. The van der Waals surface area contributed by atoms with E-state index in [1.54, 1.807) is 11.3 Å². The normalized spacial score (nSPS) is 15.1. The molecule has 0 aliphatic heterocycles. The van der Waals surface area contributed by atoms with Crippen molar-refractivity contribution in [3.63, 3.8) is 0 Å². The second-order valence-corrected chi connectivity index (χ2v) is 6.21. The van der Waals surface area contributed by atoms with Gasteiger partial charge in [-0.15, -0.1) is 11.3 Å². The molecule has 4 heteroatoms. The topological polar surface area (TPSA) is 29.1 Å². The van der Waals surface area contributed by atoms with E-state index in [0.717, 1.165) is 24.5 Å². The van der Waals surface area contributed by atoms with Gasteiger partial charge in [-0.1, -0.05) is 19.9 Å². The lowest BCUT2D eigenvalue weighted by molar-refractivity contribution is 0.546. The Labute approximate surface area is 98.6 Å². The molecule has 2 unspecified atom stereocenters. The zero-order valence-corrected chi connectivity index (χ0v) is 11.0. The van der Waals surface area contributed by atoms with Crippen LogP contribution in [-0.2, 0) is 10.8 Å². The van der Waals surface area contributed by atoms with Crippen molar-refractivity contribution in [1.29, 1.82) is 0 Å². The van der Waals surface area contributed by atoms with E-state index in [-0.39, 0.29) is 0 Å². The van der Waals surface area contributed by atoms with E-state index in [0.29, 0.717) is 6.04 Å². The summed E-state index contributed by atoms with van der Waals surface area (Å²) >= 11 is 1.78. The second-order valence-electron chi connectivity index (χ2n) is 3.36. The van der Waals surface area contributed by atoms with Crippen LogP contribution in [0.15, 0.2) is 17.5 Å². The Kier molecular flexibility index (Phi) is 6.13. The maximum atomic E-state index is 11.2. The van der Waals surface area contributed by atoms with E-state index in [9.17, 15) is 4.21 Å². The molecule has 0 spiro atoms. The van der Waals surface area contributed by atoms with Crippen molar-refractivity contribution in [3.8, 4) is 0 Å². The average molecular weight is 245 g/mol. The van der Waals surface area contributed by atoms with E-state index in [1.165, 1.54) is 4.88 Å². The third-order valence-electron chi connectivity index (χ3n) is 2.34. The van der Waals surface area contributed by atoms with Crippen LogP contribution in [0.5, 0.6) is 0 Å². The Morgan fingerprint density at radius 2 is 2.33 bits per heavy atom. The Bertz CT molecular complexity index is 285. The highest BCUT2D eigenvalue weighted by Crippen LogP contribution is 2.21. The predicted molar refractivity (Wildman–Crippen MR) is 68.9 cm³/mol. The maximum Gasteiger partial charge on any atom is 0.0412 e. The number of hydrogen-bond donors (Lipinski definition) is 1. The van der Waals surface area contributed by atoms with Crippen molar-refractivity contribution in [2.45, 2.75) is 26.3 Å². The molecule has 0 bridgehead atoms. The van der Waals surface area contributed by atoms with Gasteiger partial charge in [0.2, 0.25) is 0 Å². The molecule has 1 rings (SSSR count). The van der Waals surface area contributed by atoms with Crippen LogP contribution in [0, 0.1) is 0 Å². The first-order valence-electron chi connectivity index (χ1n) is 5.39. The van der Waals surface area contributed by atoms with Gasteiger partial charge in [0.05, 0.1) is 0 Å². The lowest BCUT2D eigenvalue weighted by Gasteiger charge is -2.14. The first kappa shape index (κ1) is 12.9. The summed E-state index contributed by atoms with van der Waals surface area (Å²) in [6, 6.07) is 4.66. The molecule has 0 aliphatic rings. The molecular weight excluding hydrogens is 226 g/mol. The molecule has 86 valence electrons.